The van der Waals surface area contributed by atoms with Crippen LogP contribution in [0.3, 0.4) is 0 Å². The van der Waals surface area contributed by atoms with E-state index < -0.39 is 0 Å². The Morgan fingerprint density at radius 1 is 1.41 bits per heavy atom. The maximum Gasteiger partial charge on any atom is 0.124 e. The molecule has 1 heterocycles. The minimum Gasteiger partial charge on any atom is -0.374 e. The molecule has 1 aliphatic heterocycles. The summed E-state index contributed by atoms with van der Waals surface area (Å²) < 4.78 is 5.80. The Labute approximate surface area is 105 Å². The third-order valence-corrected chi connectivity index (χ3v) is 2.84. The largest absolute Gasteiger partial charge is 0.374 e. The van der Waals surface area contributed by atoms with E-state index >= 15 is 0 Å². The van der Waals surface area contributed by atoms with Gasteiger partial charge in [0.1, 0.15) is 5.82 Å². The first kappa shape index (κ1) is 14.0. The highest BCUT2D eigenvalue weighted by Gasteiger charge is 2.24. The van der Waals surface area contributed by atoms with Crippen molar-refractivity contribution in [3.8, 4) is 0 Å². The van der Waals surface area contributed by atoms with Crippen LogP contribution in [0.2, 0.25) is 0 Å². The number of ether oxygens (including phenoxy) is 1. The lowest BCUT2D eigenvalue weighted by Gasteiger charge is -2.23. The molecule has 0 aromatic rings. The van der Waals surface area contributed by atoms with Crippen LogP contribution in [0.15, 0.2) is 29.0 Å². The highest BCUT2D eigenvalue weighted by atomic mass is 16.5. The first-order valence-corrected chi connectivity index (χ1v) is 6.19. The lowest BCUT2D eigenvalue weighted by atomic mass is 10.1. The minimum atomic E-state index is -0.0222. The molecule has 1 saturated heterocycles. The van der Waals surface area contributed by atoms with E-state index in [4.69, 9.17) is 4.74 Å². The van der Waals surface area contributed by atoms with Crippen LogP contribution in [0.25, 0.3) is 0 Å². The molecular weight excluding hydrogens is 212 g/mol. The average Bonchev–Trinajstić information content (AvgIpc) is 2.41. The van der Waals surface area contributed by atoms with Gasteiger partial charge in [0.15, 0.2) is 0 Å². The SMILES string of the molecule is C=C(C)/C=N\C(=CC)N1CCOC(C)(C)CC1. The number of rotatable bonds is 3. The molecule has 0 radical (unpaired) electrons. The summed E-state index contributed by atoms with van der Waals surface area (Å²) in [5, 5.41) is 0. The summed E-state index contributed by atoms with van der Waals surface area (Å²) in [6.07, 6.45) is 4.87. The number of aliphatic imine (C=N–C) groups is 1. The summed E-state index contributed by atoms with van der Waals surface area (Å²) in [7, 11) is 0. The summed E-state index contributed by atoms with van der Waals surface area (Å²) in [6, 6.07) is 0. The summed E-state index contributed by atoms with van der Waals surface area (Å²) in [5.74, 6) is 1.01. The van der Waals surface area contributed by atoms with Crippen LogP contribution < -0.4 is 0 Å². The fourth-order valence-corrected chi connectivity index (χ4v) is 1.76. The summed E-state index contributed by atoms with van der Waals surface area (Å²) in [4.78, 5) is 6.73. The fraction of sp³-hybridized carbons (Fsp3) is 0.643. The summed E-state index contributed by atoms with van der Waals surface area (Å²) in [6.45, 7) is 14.7. The predicted octanol–water partition coefficient (Wildman–Crippen LogP) is 3.00. The monoisotopic (exact) mass is 236 g/mol. The molecule has 0 N–H and O–H groups in total. The van der Waals surface area contributed by atoms with Gasteiger partial charge in [0.2, 0.25) is 0 Å². The molecule has 0 aliphatic carbocycles. The van der Waals surface area contributed by atoms with E-state index in [2.05, 4.69) is 30.3 Å². The second-order valence-corrected chi connectivity index (χ2v) is 5.10. The Bertz CT molecular complexity index is 329. The molecule has 0 amide bonds. The molecule has 3 heteroatoms. The first-order chi connectivity index (χ1) is 7.94. The zero-order chi connectivity index (χ0) is 12.9. The van der Waals surface area contributed by atoms with Gasteiger partial charge in [-0.1, -0.05) is 6.58 Å². The summed E-state index contributed by atoms with van der Waals surface area (Å²) >= 11 is 0. The normalized spacial score (nSPS) is 21.6. The molecular formula is C14H24N2O. The van der Waals surface area contributed by atoms with Gasteiger partial charge in [-0.05, 0) is 45.8 Å². The first-order valence-electron chi connectivity index (χ1n) is 6.19. The molecule has 17 heavy (non-hydrogen) atoms. The van der Waals surface area contributed by atoms with Crippen LogP contribution in [-0.2, 0) is 4.74 Å². The maximum atomic E-state index is 5.80. The predicted molar refractivity (Wildman–Crippen MR) is 73.3 cm³/mol. The Morgan fingerprint density at radius 2 is 2.12 bits per heavy atom. The van der Waals surface area contributed by atoms with Crippen LogP contribution in [-0.4, -0.2) is 36.4 Å². The molecule has 0 aromatic carbocycles. The van der Waals surface area contributed by atoms with E-state index in [1.54, 1.807) is 0 Å². The highest BCUT2D eigenvalue weighted by molar-refractivity contribution is 5.77. The van der Waals surface area contributed by atoms with Gasteiger partial charge in [-0.15, -0.1) is 0 Å². The summed E-state index contributed by atoms with van der Waals surface area (Å²) in [5.41, 5.74) is 0.946. The van der Waals surface area contributed by atoms with Crippen molar-refractivity contribution >= 4 is 6.21 Å². The van der Waals surface area contributed by atoms with Gasteiger partial charge in [0.25, 0.3) is 0 Å². The second kappa shape index (κ2) is 6.01. The lowest BCUT2D eigenvalue weighted by Crippen LogP contribution is -2.26. The van der Waals surface area contributed by atoms with E-state index in [-0.39, 0.29) is 5.60 Å². The molecule has 3 nitrogen and oxygen atoms in total. The molecule has 1 aliphatic rings. The van der Waals surface area contributed by atoms with E-state index in [0.717, 1.165) is 37.5 Å². The van der Waals surface area contributed by atoms with Gasteiger partial charge in [-0.3, -0.25) is 0 Å². The van der Waals surface area contributed by atoms with Crippen molar-refractivity contribution in [1.82, 2.24) is 4.90 Å². The number of hydrogen-bond acceptors (Lipinski definition) is 3. The Hall–Kier alpha value is -1.09. The second-order valence-electron chi connectivity index (χ2n) is 5.10. The Balaban J connectivity index is 2.68. The van der Waals surface area contributed by atoms with Crippen molar-refractivity contribution in [2.75, 3.05) is 19.7 Å². The lowest BCUT2D eigenvalue weighted by molar-refractivity contribution is -0.00839. The zero-order valence-electron chi connectivity index (χ0n) is 11.5. The standard InChI is InChI=1S/C14H24N2O/c1-6-13(15-11-12(2)3)16-8-7-14(4,5)17-10-9-16/h6,11H,2,7-10H2,1,3-5H3/b13-6?,15-11-. The van der Waals surface area contributed by atoms with Gasteiger partial charge in [-0.2, -0.15) is 0 Å². The smallest absolute Gasteiger partial charge is 0.124 e. The third-order valence-electron chi connectivity index (χ3n) is 2.84. The van der Waals surface area contributed by atoms with Crippen molar-refractivity contribution in [3.63, 3.8) is 0 Å². The van der Waals surface area contributed by atoms with Crippen LogP contribution in [0.1, 0.15) is 34.1 Å². The van der Waals surface area contributed by atoms with Crippen LogP contribution in [0.5, 0.6) is 0 Å². The van der Waals surface area contributed by atoms with Crippen LogP contribution >= 0.6 is 0 Å². The molecule has 96 valence electrons. The van der Waals surface area contributed by atoms with Crippen LogP contribution in [0, 0.1) is 0 Å². The molecule has 1 rings (SSSR count). The fourth-order valence-electron chi connectivity index (χ4n) is 1.76. The van der Waals surface area contributed by atoms with Gasteiger partial charge in [0, 0.05) is 19.3 Å². The number of nitrogens with zero attached hydrogens (tertiary/aromatic N) is 2. The molecule has 1 fully saturated rings. The van der Waals surface area contributed by atoms with E-state index in [0.29, 0.717) is 0 Å². The van der Waals surface area contributed by atoms with Crippen molar-refractivity contribution in [2.24, 2.45) is 4.99 Å². The molecule has 0 unspecified atom stereocenters. The van der Waals surface area contributed by atoms with Crippen molar-refractivity contribution in [2.45, 2.75) is 39.7 Å². The Kier molecular flexibility index (Phi) is 4.94. The van der Waals surface area contributed by atoms with Gasteiger partial charge in [-0.25, -0.2) is 4.99 Å². The minimum absolute atomic E-state index is 0.0222. The highest BCUT2D eigenvalue weighted by Crippen LogP contribution is 2.20. The number of allylic oxidation sites excluding steroid dienone is 2. The van der Waals surface area contributed by atoms with E-state index in [1.807, 2.05) is 26.1 Å². The topological polar surface area (TPSA) is 24.8 Å². The zero-order valence-corrected chi connectivity index (χ0v) is 11.5. The molecule has 0 atom stereocenters. The quantitative estimate of drug-likeness (QED) is 0.704. The van der Waals surface area contributed by atoms with Gasteiger partial charge >= 0.3 is 0 Å². The molecule has 0 saturated carbocycles. The maximum absolute atomic E-state index is 5.80. The molecule has 0 bridgehead atoms. The Morgan fingerprint density at radius 3 is 2.71 bits per heavy atom. The van der Waals surface area contributed by atoms with Crippen molar-refractivity contribution in [1.29, 1.82) is 0 Å². The van der Waals surface area contributed by atoms with E-state index in [9.17, 15) is 0 Å². The van der Waals surface area contributed by atoms with Gasteiger partial charge in [0.05, 0.1) is 12.2 Å². The van der Waals surface area contributed by atoms with Crippen molar-refractivity contribution in [3.05, 3.63) is 24.0 Å². The molecule has 0 spiro atoms. The van der Waals surface area contributed by atoms with Gasteiger partial charge < -0.3 is 9.64 Å². The third kappa shape index (κ3) is 4.73. The van der Waals surface area contributed by atoms with Crippen molar-refractivity contribution < 1.29 is 4.74 Å². The average molecular weight is 236 g/mol. The molecule has 0 aromatic heterocycles. The van der Waals surface area contributed by atoms with E-state index in [1.165, 1.54) is 0 Å². The number of hydrogen-bond donors (Lipinski definition) is 0. The van der Waals surface area contributed by atoms with Crippen LogP contribution in [0.4, 0.5) is 0 Å².